The monoisotopic (exact) mass is 257 g/mol. The van der Waals surface area contributed by atoms with Gasteiger partial charge in [0.2, 0.25) is 5.91 Å². The maximum atomic E-state index is 12.1. The van der Waals surface area contributed by atoms with Crippen LogP contribution in [0.2, 0.25) is 0 Å². The van der Waals surface area contributed by atoms with E-state index in [2.05, 4.69) is 9.97 Å². The van der Waals surface area contributed by atoms with Gasteiger partial charge >= 0.3 is 0 Å². The average Bonchev–Trinajstić information content (AvgIpc) is 2.98. The normalized spacial score (nSPS) is 19.1. The molecule has 0 aromatic carbocycles. The van der Waals surface area contributed by atoms with Crippen LogP contribution in [0.3, 0.4) is 0 Å². The quantitative estimate of drug-likeness (QED) is 0.868. The fourth-order valence-corrected chi connectivity index (χ4v) is 2.45. The van der Waals surface area contributed by atoms with Gasteiger partial charge in [-0.3, -0.25) is 4.79 Å². The van der Waals surface area contributed by atoms with Crippen molar-refractivity contribution in [2.45, 2.75) is 12.5 Å². The van der Waals surface area contributed by atoms with Gasteiger partial charge in [-0.25, -0.2) is 9.97 Å². The number of likely N-dealkylation sites (tertiary alicyclic amines) is 1. The fourth-order valence-electron chi connectivity index (χ4n) is 2.45. The van der Waals surface area contributed by atoms with E-state index in [-0.39, 0.29) is 11.9 Å². The molecule has 6 nitrogen and oxygen atoms in total. The first kappa shape index (κ1) is 11.7. The van der Waals surface area contributed by atoms with E-state index in [9.17, 15) is 4.79 Å². The third-order valence-corrected chi connectivity index (χ3v) is 3.48. The van der Waals surface area contributed by atoms with Crippen LogP contribution in [0.5, 0.6) is 0 Å². The van der Waals surface area contributed by atoms with Gasteiger partial charge in [0.05, 0.1) is 18.2 Å². The Kier molecular flexibility index (Phi) is 2.70. The number of likely N-dealkylation sites (N-methyl/N-ethyl adjacent to an activating group) is 1. The second kappa shape index (κ2) is 4.38. The van der Waals surface area contributed by atoms with Crippen molar-refractivity contribution >= 4 is 11.7 Å². The number of rotatable bonds is 2. The Morgan fingerprint density at radius 2 is 2.32 bits per heavy atom. The third-order valence-electron chi connectivity index (χ3n) is 3.48. The molecule has 98 valence electrons. The topological polar surface area (TPSA) is 77.0 Å². The largest absolute Gasteiger partial charge is 0.384 e. The summed E-state index contributed by atoms with van der Waals surface area (Å²) in [6.07, 6.45) is 5.91. The molecule has 6 heteroatoms. The van der Waals surface area contributed by atoms with E-state index < -0.39 is 0 Å². The van der Waals surface area contributed by atoms with Crippen LogP contribution in [-0.4, -0.2) is 38.9 Å². The van der Waals surface area contributed by atoms with E-state index in [1.807, 2.05) is 17.7 Å². The molecule has 0 aliphatic carbocycles. The highest BCUT2D eigenvalue weighted by Gasteiger charge is 2.31. The van der Waals surface area contributed by atoms with Gasteiger partial charge in [-0.05, 0) is 18.6 Å². The lowest BCUT2D eigenvalue weighted by Crippen LogP contribution is -2.24. The minimum Gasteiger partial charge on any atom is -0.384 e. The van der Waals surface area contributed by atoms with Gasteiger partial charge in [0.25, 0.3) is 0 Å². The molecule has 1 amide bonds. The second-order valence-electron chi connectivity index (χ2n) is 4.72. The van der Waals surface area contributed by atoms with Crippen molar-refractivity contribution in [1.82, 2.24) is 19.4 Å². The van der Waals surface area contributed by atoms with E-state index in [0.29, 0.717) is 5.82 Å². The number of aromatic nitrogens is 3. The highest BCUT2D eigenvalue weighted by atomic mass is 16.2. The van der Waals surface area contributed by atoms with Crippen LogP contribution < -0.4 is 5.73 Å². The molecular formula is C13H15N5O. The molecule has 1 saturated heterocycles. The number of nitrogen functional groups attached to an aromatic ring is 1. The molecule has 2 N–H and O–H groups in total. The highest BCUT2D eigenvalue weighted by Crippen LogP contribution is 2.28. The van der Waals surface area contributed by atoms with Crippen LogP contribution in [0.15, 0.2) is 30.9 Å². The molecule has 1 aliphatic heterocycles. The number of nitrogens with zero attached hydrogens (tertiary/aromatic N) is 4. The summed E-state index contributed by atoms with van der Waals surface area (Å²) >= 11 is 0. The molecule has 3 rings (SSSR count). The first-order valence-corrected chi connectivity index (χ1v) is 6.15. The number of hydrogen-bond donors (Lipinski definition) is 1. The first-order valence-electron chi connectivity index (χ1n) is 6.15. The summed E-state index contributed by atoms with van der Waals surface area (Å²) in [6, 6.07) is 3.49. The molecule has 1 unspecified atom stereocenters. The van der Waals surface area contributed by atoms with Crippen molar-refractivity contribution in [2.75, 3.05) is 19.3 Å². The fraction of sp³-hybridized carbons (Fsp3) is 0.308. The number of imidazole rings is 1. The van der Waals surface area contributed by atoms with Crippen molar-refractivity contribution < 1.29 is 4.79 Å². The lowest BCUT2D eigenvalue weighted by atomic mass is 10.1. The molecule has 0 spiro atoms. The van der Waals surface area contributed by atoms with Crippen LogP contribution in [0.1, 0.15) is 12.5 Å². The minimum absolute atomic E-state index is 0.126. The molecule has 1 aliphatic rings. The van der Waals surface area contributed by atoms with Gasteiger partial charge in [-0.1, -0.05) is 0 Å². The SMILES string of the molecule is CN1CCC(n2cncc2-c2ccnc(N)c2)C1=O. The van der Waals surface area contributed by atoms with Gasteiger partial charge in [0.15, 0.2) is 0 Å². The number of carbonyl (C=O) groups is 1. The molecule has 2 aromatic rings. The molecule has 0 bridgehead atoms. The number of amides is 1. The highest BCUT2D eigenvalue weighted by molar-refractivity contribution is 5.83. The lowest BCUT2D eigenvalue weighted by Gasteiger charge is -2.15. The van der Waals surface area contributed by atoms with E-state index >= 15 is 0 Å². The number of pyridine rings is 1. The minimum atomic E-state index is -0.170. The molecule has 0 radical (unpaired) electrons. The zero-order chi connectivity index (χ0) is 13.4. The van der Waals surface area contributed by atoms with Crippen LogP contribution in [0, 0.1) is 0 Å². The Bertz CT molecular complexity index is 621. The van der Waals surface area contributed by atoms with Crippen molar-refractivity contribution in [2.24, 2.45) is 0 Å². The third kappa shape index (κ3) is 1.95. The van der Waals surface area contributed by atoms with Crippen molar-refractivity contribution in [3.05, 3.63) is 30.9 Å². The van der Waals surface area contributed by atoms with Crippen molar-refractivity contribution in [1.29, 1.82) is 0 Å². The van der Waals surface area contributed by atoms with Gasteiger partial charge < -0.3 is 15.2 Å². The van der Waals surface area contributed by atoms with Gasteiger partial charge in [0.1, 0.15) is 11.9 Å². The lowest BCUT2D eigenvalue weighted by molar-refractivity contribution is -0.129. The van der Waals surface area contributed by atoms with Gasteiger partial charge in [-0.15, -0.1) is 0 Å². The molecule has 1 atom stereocenters. The Labute approximate surface area is 110 Å². The molecule has 19 heavy (non-hydrogen) atoms. The maximum absolute atomic E-state index is 12.1. The Morgan fingerprint density at radius 1 is 1.47 bits per heavy atom. The molecule has 2 aromatic heterocycles. The summed E-state index contributed by atoms with van der Waals surface area (Å²) in [5.41, 5.74) is 7.52. The van der Waals surface area contributed by atoms with Crippen LogP contribution >= 0.6 is 0 Å². The Hall–Kier alpha value is -2.37. The molecule has 1 fully saturated rings. The van der Waals surface area contributed by atoms with Gasteiger partial charge in [0, 0.05) is 25.4 Å². The van der Waals surface area contributed by atoms with E-state index in [0.717, 1.165) is 24.2 Å². The first-order chi connectivity index (χ1) is 9.16. The second-order valence-corrected chi connectivity index (χ2v) is 4.72. The summed E-state index contributed by atoms with van der Waals surface area (Å²) < 4.78 is 1.92. The van der Waals surface area contributed by atoms with Crippen LogP contribution in [0.25, 0.3) is 11.3 Å². The summed E-state index contributed by atoms with van der Waals surface area (Å²) in [6.45, 7) is 0.777. The van der Waals surface area contributed by atoms with E-state index in [1.165, 1.54) is 0 Å². The number of nitrogens with two attached hydrogens (primary N) is 1. The van der Waals surface area contributed by atoms with E-state index in [1.54, 1.807) is 29.7 Å². The average molecular weight is 257 g/mol. The summed E-state index contributed by atoms with van der Waals surface area (Å²) in [5, 5.41) is 0. The Morgan fingerprint density at radius 3 is 3.00 bits per heavy atom. The van der Waals surface area contributed by atoms with E-state index in [4.69, 9.17) is 5.73 Å². The molecule has 3 heterocycles. The number of hydrogen-bond acceptors (Lipinski definition) is 4. The Balaban J connectivity index is 2.02. The van der Waals surface area contributed by atoms with Crippen LogP contribution in [0.4, 0.5) is 5.82 Å². The maximum Gasteiger partial charge on any atom is 0.245 e. The zero-order valence-electron chi connectivity index (χ0n) is 10.7. The molecular weight excluding hydrogens is 242 g/mol. The van der Waals surface area contributed by atoms with Gasteiger partial charge in [-0.2, -0.15) is 0 Å². The summed E-state index contributed by atoms with van der Waals surface area (Å²) in [7, 11) is 1.82. The summed E-state index contributed by atoms with van der Waals surface area (Å²) in [5.74, 6) is 0.585. The van der Waals surface area contributed by atoms with Crippen LogP contribution in [-0.2, 0) is 4.79 Å². The van der Waals surface area contributed by atoms with Crippen molar-refractivity contribution in [3.8, 4) is 11.3 Å². The standard InChI is InChI=1S/C13H15N5O/c1-17-5-3-10(13(17)19)18-8-15-7-11(18)9-2-4-16-12(14)6-9/h2,4,6-8,10H,3,5H2,1H3,(H2,14,16). The van der Waals surface area contributed by atoms with Crippen molar-refractivity contribution in [3.63, 3.8) is 0 Å². The smallest absolute Gasteiger partial charge is 0.245 e. The summed E-state index contributed by atoms with van der Waals surface area (Å²) in [4.78, 5) is 22.0. The number of anilines is 1. The predicted octanol–water partition coefficient (Wildman–Crippen LogP) is 0.930. The zero-order valence-corrected chi connectivity index (χ0v) is 10.7. The predicted molar refractivity (Wildman–Crippen MR) is 71.2 cm³/mol. The number of carbonyl (C=O) groups excluding carboxylic acids is 1. The molecule has 0 saturated carbocycles.